The van der Waals surface area contributed by atoms with Crippen LogP contribution in [0.4, 0.5) is 0 Å². The molecule has 0 spiro atoms. The van der Waals surface area contributed by atoms with Crippen LogP contribution in [-0.2, 0) is 0 Å². The molecule has 21 heavy (non-hydrogen) atoms. The minimum atomic E-state index is -0.216. The average molecular weight is 281 g/mol. The van der Waals surface area contributed by atoms with E-state index in [2.05, 4.69) is 42.2 Å². The van der Waals surface area contributed by atoms with Gasteiger partial charge < -0.3 is 10.3 Å². The Labute approximate surface area is 124 Å². The van der Waals surface area contributed by atoms with Crippen molar-refractivity contribution in [3.63, 3.8) is 0 Å². The van der Waals surface area contributed by atoms with Crippen LogP contribution in [0.2, 0.25) is 0 Å². The first-order valence-electron chi connectivity index (χ1n) is 7.28. The lowest BCUT2D eigenvalue weighted by Gasteiger charge is -2.13. The van der Waals surface area contributed by atoms with Gasteiger partial charge in [0.1, 0.15) is 0 Å². The summed E-state index contributed by atoms with van der Waals surface area (Å²) in [4.78, 5) is 4.50. The molecule has 3 aromatic rings. The molecule has 2 N–H and O–H groups in total. The van der Waals surface area contributed by atoms with E-state index in [0.29, 0.717) is 17.6 Å². The zero-order chi connectivity index (χ0) is 14.8. The Morgan fingerprint density at radius 1 is 1.14 bits per heavy atom. The van der Waals surface area contributed by atoms with Crippen molar-refractivity contribution in [1.82, 2.24) is 10.1 Å². The van der Waals surface area contributed by atoms with E-state index in [-0.39, 0.29) is 6.04 Å². The summed E-state index contributed by atoms with van der Waals surface area (Å²) in [5, 5.41) is 6.38. The predicted octanol–water partition coefficient (Wildman–Crippen LogP) is 3.94. The van der Waals surface area contributed by atoms with E-state index >= 15 is 0 Å². The van der Waals surface area contributed by atoms with Crippen LogP contribution in [0.1, 0.15) is 32.2 Å². The van der Waals surface area contributed by atoms with Gasteiger partial charge >= 0.3 is 0 Å². The van der Waals surface area contributed by atoms with E-state index < -0.39 is 0 Å². The SMILES string of the molecule is CCC(C)C(N)c1nc(-c2cccc3ccccc23)no1. The minimum absolute atomic E-state index is 0.216. The Kier molecular flexibility index (Phi) is 3.71. The fraction of sp³-hybridized carbons (Fsp3) is 0.294. The van der Waals surface area contributed by atoms with E-state index in [0.717, 1.165) is 22.8 Å². The highest BCUT2D eigenvalue weighted by atomic mass is 16.5. The second-order valence-corrected chi connectivity index (χ2v) is 5.39. The molecule has 0 aliphatic heterocycles. The largest absolute Gasteiger partial charge is 0.337 e. The predicted molar refractivity (Wildman–Crippen MR) is 83.6 cm³/mol. The number of rotatable bonds is 4. The van der Waals surface area contributed by atoms with Gasteiger partial charge in [-0.15, -0.1) is 0 Å². The number of hydrogen-bond acceptors (Lipinski definition) is 4. The smallest absolute Gasteiger partial charge is 0.244 e. The van der Waals surface area contributed by atoms with Crippen LogP contribution >= 0.6 is 0 Å². The van der Waals surface area contributed by atoms with Crippen LogP contribution in [0.5, 0.6) is 0 Å². The maximum atomic E-state index is 6.16. The summed E-state index contributed by atoms with van der Waals surface area (Å²) in [7, 11) is 0. The minimum Gasteiger partial charge on any atom is -0.337 e. The van der Waals surface area contributed by atoms with Gasteiger partial charge in [-0.05, 0) is 16.7 Å². The number of aromatic nitrogens is 2. The molecule has 2 aromatic carbocycles. The van der Waals surface area contributed by atoms with Gasteiger partial charge in [-0.25, -0.2) is 0 Å². The van der Waals surface area contributed by atoms with Crippen molar-refractivity contribution in [3.05, 3.63) is 48.4 Å². The van der Waals surface area contributed by atoms with Crippen LogP contribution in [0.3, 0.4) is 0 Å². The molecule has 0 fully saturated rings. The van der Waals surface area contributed by atoms with Crippen molar-refractivity contribution in [1.29, 1.82) is 0 Å². The third-order valence-corrected chi connectivity index (χ3v) is 4.01. The fourth-order valence-electron chi connectivity index (χ4n) is 2.40. The Hall–Kier alpha value is -2.20. The summed E-state index contributed by atoms with van der Waals surface area (Å²) in [6.07, 6.45) is 0.979. The maximum absolute atomic E-state index is 6.16. The molecule has 0 aliphatic carbocycles. The third-order valence-electron chi connectivity index (χ3n) is 4.01. The average Bonchev–Trinajstić information content (AvgIpc) is 3.02. The van der Waals surface area contributed by atoms with Crippen LogP contribution in [0, 0.1) is 5.92 Å². The van der Waals surface area contributed by atoms with Crippen LogP contribution < -0.4 is 5.73 Å². The first-order valence-corrected chi connectivity index (χ1v) is 7.28. The third kappa shape index (κ3) is 2.54. The number of nitrogens with two attached hydrogens (primary N) is 1. The van der Waals surface area contributed by atoms with Crippen molar-refractivity contribution >= 4 is 10.8 Å². The van der Waals surface area contributed by atoms with Gasteiger partial charge in [0.05, 0.1) is 6.04 Å². The van der Waals surface area contributed by atoms with E-state index in [1.807, 2.05) is 24.3 Å². The summed E-state index contributed by atoms with van der Waals surface area (Å²) in [5.41, 5.74) is 7.13. The molecule has 4 heteroatoms. The lowest BCUT2D eigenvalue weighted by molar-refractivity contribution is 0.312. The second kappa shape index (κ2) is 5.66. The molecule has 0 amide bonds. The molecule has 0 radical (unpaired) electrons. The van der Waals surface area contributed by atoms with Crippen molar-refractivity contribution in [2.75, 3.05) is 0 Å². The molecule has 2 unspecified atom stereocenters. The van der Waals surface area contributed by atoms with E-state index in [9.17, 15) is 0 Å². The molecule has 4 nitrogen and oxygen atoms in total. The molecular weight excluding hydrogens is 262 g/mol. The normalized spacial score (nSPS) is 14.2. The Balaban J connectivity index is 2.02. The van der Waals surface area contributed by atoms with Crippen molar-refractivity contribution in [2.24, 2.45) is 11.7 Å². The van der Waals surface area contributed by atoms with Crippen molar-refractivity contribution < 1.29 is 4.52 Å². The lowest BCUT2D eigenvalue weighted by Crippen LogP contribution is -2.18. The highest BCUT2D eigenvalue weighted by Crippen LogP contribution is 2.28. The quantitative estimate of drug-likeness (QED) is 0.786. The van der Waals surface area contributed by atoms with Gasteiger partial charge in [0.15, 0.2) is 0 Å². The molecule has 0 saturated heterocycles. The zero-order valence-electron chi connectivity index (χ0n) is 12.3. The van der Waals surface area contributed by atoms with E-state index in [1.54, 1.807) is 0 Å². The van der Waals surface area contributed by atoms with Crippen molar-refractivity contribution in [3.8, 4) is 11.4 Å². The lowest BCUT2D eigenvalue weighted by atomic mass is 10.00. The van der Waals surface area contributed by atoms with Crippen LogP contribution in [-0.4, -0.2) is 10.1 Å². The summed E-state index contributed by atoms with van der Waals surface area (Å²) < 4.78 is 5.37. The number of nitrogens with zero attached hydrogens (tertiary/aromatic N) is 2. The summed E-state index contributed by atoms with van der Waals surface area (Å²) in [6, 6.07) is 14.0. The molecule has 1 aromatic heterocycles. The monoisotopic (exact) mass is 281 g/mol. The summed E-state index contributed by atoms with van der Waals surface area (Å²) >= 11 is 0. The van der Waals surface area contributed by atoms with Crippen molar-refractivity contribution in [2.45, 2.75) is 26.3 Å². The summed E-state index contributed by atoms with van der Waals surface area (Å²) in [6.45, 7) is 4.19. The maximum Gasteiger partial charge on any atom is 0.244 e. The van der Waals surface area contributed by atoms with Gasteiger partial charge in [-0.1, -0.05) is 67.9 Å². The van der Waals surface area contributed by atoms with Gasteiger partial charge in [-0.2, -0.15) is 4.98 Å². The highest BCUT2D eigenvalue weighted by molar-refractivity contribution is 5.94. The van der Waals surface area contributed by atoms with Crippen LogP contribution in [0.15, 0.2) is 47.0 Å². The van der Waals surface area contributed by atoms with Gasteiger partial charge in [0, 0.05) is 5.56 Å². The second-order valence-electron chi connectivity index (χ2n) is 5.39. The molecule has 0 bridgehead atoms. The molecule has 108 valence electrons. The Bertz CT molecular complexity index is 745. The molecule has 0 aliphatic rings. The Morgan fingerprint density at radius 2 is 1.90 bits per heavy atom. The zero-order valence-corrected chi connectivity index (χ0v) is 12.3. The van der Waals surface area contributed by atoms with Gasteiger partial charge in [0.2, 0.25) is 11.7 Å². The standard InChI is InChI=1S/C17H19N3O/c1-3-11(2)15(18)17-19-16(20-21-17)14-10-6-8-12-7-4-5-9-13(12)14/h4-11,15H,3,18H2,1-2H3. The number of hydrogen-bond donors (Lipinski definition) is 1. The fourth-order valence-corrected chi connectivity index (χ4v) is 2.40. The van der Waals surface area contributed by atoms with Gasteiger partial charge in [0.25, 0.3) is 0 Å². The van der Waals surface area contributed by atoms with E-state index in [4.69, 9.17) is 10.3 Å². The molecule has 2 atom stereocenters. The topological polar surface area (TPSA) is 64.9 Å². The molecule has 3 rings (SSSR count). The number of fused-ring (bicyclic) bond motifs is 1. The summed E-state index contributed by atoms with van der Waals surface area (Å²) in [5.74, 6) is 1.42. The molecule has 0 saturated carbocycles. The first kappa shape index (κ1) is 13.8. The first-order chi connectivity index (χ1) is 10.2. The Morgan fingerprint density at radius 3 is 2.71 bits per heavy atom. The van der Waals surface area contributed by atoms with E-state index in [1.165, 1.54) is 0 Å². The molecule has 1 heterocycles. The van der Waals surface area contributed by atoms with Gasteiger partial charge in [-0.3, -0.25) is 0 Å². The molecular formula is C17H19N3O. The van der Waals surface area contributed by atoms with Crippen LogP contribution in [0.25, 0.3) is 22.2 Å². The highest BCUT2D eigenvalue weighted by Gasteiger charge is 2.21. The number of benzene rings is 2.